The van der Waals surface area contributed by atoms with Crippen molar-refractivity contribution in [3.8, 4) is 0 Å². The molecule has 1 aromatic heterocycles. The third kappa shape index (κ3) is 2.65. The number of aliphatic hydroxyl groups is 1. The highest BCUT2D eigenvalue weighted by Gasteiger charge is 2.36. The first-order chi connectivity index (χ1) is 7.15. The van der Waals surface area contributed by atoms with Gasteiger partial charge in [0.25, 0.3) is 0 Å². The van der Waals surface area contributed by atoms with Crippen molar-refractivity contribution >= 4 is 13.1 Å². The van der Waals surface area contributed by atoms with Gasteiger partial charge in [0.1, 0.15) is 0 Å². The van der Waals surface area contributed by atoms with Gasteiger partial charge in [0.05, 0.1) is 17.4 Å². The highest BCUT2D eigenvalue weighted by molar-refractivity contribution is 6.46. The van der Waals surface area contributed by atoms with Crippen LogP contribution in [0.4, 0.5) is 0 Å². The van der Waals surface area contributed by atoms with Crippen LogP contribution in [-0.2, 0) is 11.7 Å². The van der Waals surface area contributed by atoms with Crippen LogP contribution in [-0.4, -0.2) is 33.6 Å². The zero-order valence-electron chi connectivity index (χ0n) is 11.0. The molecule has 0 unspecified atom stereocenters. The van der Waals surface area contributed by atoms with E-state index in [4.69, 9.17) is 4.65 Å². The monoisotopic (exact) mass is 224 g/mol. The third-order valence-electron chi connectivity index (χ3n) is 3.31. The van der Waals surface area contributed by atoms with Gasteiger partial charge in [-0.25, -0.2) is 0 Å². The molecule has 0 fully saturated rings. The molecule has 4 nitrogen and oxygen atoms in total. The van der Waals surface area contributed by atoms with E-state index < -0.39 is 11.2 Å². The number of rotatable bonds is 4. The van der Waals surface area contributed by atoms with E-state index in [1.165, 1.54) is 0 Å². The molecule has 0 aliphatic heterocycles. The van der Waals surface area contributed by atoms with Crippen LogP contribution in [0.2, 0.25) is 0 Å². The van der Waals surface area contributed by atoms with Crippen LogP contribution < -0.4 is 5.59 Å². The molecule has 1 N–H and O–H groups in total. The molecule has 0 aromatic carbocycles. The number of hydrogen-bond acceptors (Lipinski definition) is 3. The van der Waals surface area contributed by atoms with Crippen LogP contribution in [0.25, 0.3) is 0 Å². The van der Waals surface area contributed by atoms with Crippen LogP contribution in [0.5, 0.6) is 0 Å². The lowest BCUT2D eigenvalue weighted by Gasteiger charge is -2.37. The predicted octanol–water partition coefficient (Wildman–Crippen LogP) is 0.271. The van der Waals surface area contributed by atoms with E-state index in [9.17, 15) is 5.11 Å². The molecule has 0 aliphatic rings. The van der Waals surface area contributed by atoms with Gasteiger partial charge < -0.3 is 9.76 Å². The van der Waals surface area contributed by atoms with Crippen LogP contribution in [0.1, 0.15) is 33.3 Å². The van der Waals surface area contributed by atoms with Crippen molar-refractivity contribution in [3.05, 3.63) is 11.8 Å². The van der Waals surface area contributed by atoms with Crippen molar-refractivity contribution in [2.75, 3.05) is 0 Å². The van der Waals surface area contributed by atoms with Crippen molar-refractivity contribution in [1.29, 1.82) is 0 Å². The predicted molar refractivity (Wildman–Crippen MR) is 66.2 cm³/mol. The van der Waals surface area contributed by atoms with E-state index in [0.717, 1.165) is 11.2 Å². The lowest BCUT2D eigenvalue weighted by atomic mass is 9.84. The highest BCUT2D eigenvalue weighted by Crippen LogP contribution is 2.24. The molecule has 1 rings (SSSR count). The van der Waals surface area contributed by atoms with Crippen LogP contribution in [0, 0.1) is 6.92 Å². The lowest BCUT2D eigenvalue weighted by molar-refractivity contribution is -0.0894. The summed E-state index contributed by atoms with van der Waals surface area (Å²) in [5, 5.41) is 14.1. The quantitative estimate of drug-likeness (QED) is 0.747. The maximum Gasteiger partial charge on any atom is 0.329 e. The molecule has 5 heteroatoms. The van der Waals surface area contributed by atoms with E-state index >= 15 is 0 Å². The van der Waals surface area contributed by atoms with Crippen molar-refractivity contribution < 1.29 is 9.76 Å². The summed E-state index contributed by atoms with van der Waals surface area (Å²) in [5.74, 6) is 0. The van der Waals surface area contributed by atoms with Gasteiger partial charge in [0, 0.05) is 12.6 Å². The van der Waals surface area contributed by atoms with Crippen LogP contribution in [0.3, 0.4) is 0 Å². The standard InChI is InChI=1S/C11H21BN2O2/c1-8-7-13-14(6)9(8)12-16-11(4,5)10(2,3)15/h7,12,15H,1-6H3. The second-order valence-electron chi connectivity index (χ2n) is 5.26. The normalized spacial score (nSPS) is 12.9. The maximum absolute atomic E-state index is 9.97. The molecular weight excluding hydrogens is 203 g/mol. The largest absolute Gasteiger partial charge is 0.425 e. The minimum atomic E-state index is -0.875. The maximum atomic E-state index is 9.97. The molecule has 0 spiro atoms. The van der Waals surface area contributed by atoms with E-state index in [-0.39, 0.29) is 0 Å². The Morgan fingerprint density at radius 3 is 2.31 bits per heavy atom. The van der Waals surface area contributed by atoms with Crippen LogP contribution in [0.15, 0.2) is 6.20 Å². The number of aromatic nitrogens is 2. The van der Waals surface area contributed by atoms with Crippen molar-refractivity contribution in [2.24, 2.45) is 7.05 Å². The first-order valence-electron chi connectivity index (χ1n) is 5.49. The average molecular weight is 224 g/mol. The van der Waals surface area contributed by atoms with Crippen molar-refractivity contribution in [3.63, 3.8) is 0 Å². The fraction of sp³-hybridized carbons (Fsp3) is 0.727. The van der Waals surface area contributed by atoms with E-state index in [2.05, 4.69) is 5.10 Å². The molecule has 0 amide bonds. The summed E-state index contributed by atoms with van der Waals surface area (Å²) >= 11 is 0. The molecule has 90 valence electrons. The zero-order valence-corrected chi connectivity index (χ0v) is 11.0. The lowest BCUT2D eigenvalue weighted by Crippen LogP contribution is -2.50. The summed E-state index contributed by atoms with van der Waals surface area (Å²) in [5.41, 5.74) is 0.676. The molecule has 0 radical (unpaired) electrons. The summed E-state index contributed by atoms with van der Waals surface area (Å²) < 4.78 is 7.59. The summed E-state index contributed by atoms with van der Waals surface area (Å²) in [4.78, 5) is 0. The smallest absolute Gasteiger partial charge is 0.329 e. The van der Waals surface area contributed by atoms with Crippen molar-refractivity contribution in [1.82, 2.24) is 9.78 Å². The number of aryl methyl sites for hydroxylation is 2. The fourth-order valence-corrected chi connectivity index (χ4v) is 1.21. The summed E-state index contributed by atoms with van der Waals surface area (Å²) in [6, 6.07) is 0. The molecule has 1 aromatic rings. The SMILES string of the molecule is Cc1cnn(C)c1BOC(C)(C)C(C)(C)O. The summed E-state index contributed by atoms with van der Waals surface area (Å²) in [7, 11) is 2.35. The average Bonchev–Trinajstić information content (AvgIpc) is 2.42. The Morgan fingerprint density at radius 2 is 1.94 bits per heavy atom. The van der Waals surface area contributed by atoms with Gasteiger partial charge >= 0.3 is 7.48 Å². The topological polar surface area (TPSA) is 47.3 Å². The van der Waals surface area contributed by atoms with Gasteiger partial charge in [0.15, 0.2) is 0 Å². The Balaban J connectivity index is 2.72. The molecule has 1 heterocycles. The van der Waals surface area contributed by atoms with E-state index in [1.807, 2.05) is 34.0 Å². The fourth-order valence-electron chi connectivity index (χ4n) is 1.21. The first kappa shape index (κ1) is 13.3. The first-order valence-corrected chi connectivity index (χ1v) is 5.49. The minimum absolute atomic E-state index is 0.458. The van der Waals surface area contributed by atoms with Gasteiger partial charge in [-0.1, -0.05) is 0 Å². The molecule has 0 atom stereocenters. The summed E-state index contributed by atoms with van der Waals surface area (Å²) in [6.07, 6.45) is 1.82. The van der Waals surface area contributed by atoms with Crippen LogP contribution >= 0.6 is 0 Å². The Kier molecular flexibility index (Phi) is 3.50. The van der Waals surface area contributed by atoms with Gasteiger partial charge in [0.2, 0.25) is 0 Å². The third-order valence-corrected chi connectivity index (χ3v) is 3.31. The number of nitrogens with zero attached hydrogens (tertiary/aromatic N) is 2. The zero-order chi connectivity index (χ0) is 12.6. The number of hydrogen-bond donors (Lipinski definition) is 1. The Morgan fingerprint density at radius 1 is 1.38 bits per heavy atom. The molecule has 0 saturated carbocycles. The van der Waals surface area contributed by atoms with Crippen molar-refractivity contribution in [2.45, 2.75) is 45.8 Å². The summed E-state index contributed by atoms with van der Waals surface area (Å²) in [6.45, 7) is 9.28. The van der Waals surface area contributed by atoms with Gasteiger partial charge in [-0.05, 0) is 40.2 Å². The second kappa shape index (κ2) is 4.22. The molecule has 16 heavy (non-hydrogen) atoms. The molecule has 0 bridgehead atoms. The van der Waals surface area contributed by atoms with Gasteiger partial charge in [-0.3, -0.25) is 4.68 Å². The Hall–Kier alpha value is -0.805. The second-order valence-corrected chi connectivity index (χ2v) is 5.26. The molecule has 0 aliphatic carbocycles. The Labute approximate surface area is 97.9 Å². The van der Waals surface area contributed by atoms with E-state index in [0.29, 0.717) is 7.48 Å². The van der Waals surface area contributed by atoms with E-state index in [1.54, 1.807) is 18.5 Å². The minimum Gasteiger partial charge on any atom is -0.425 e. The highest BCUT2D eigenvalue weighted by atomic mass is 16.5. The molecule has 0 saturated heterocycles. The Bertz CT molecular complexity index is 347. The van der Waals surface area contributed by atoms with Gasteiger partial charge in [-0.2, -0.15) is 5.10 Å². The van der Waals surface area contributed by atoms with Gasteiger partial charge in [-0.15, -0.1) is 0 Å². The molecular formula is C11H21BN2O2.